The van der Waals surface area contributed by atoms with E-state index in [4.69, 9.17) is 0 Å². The van der Waals surface area contributed by atoms with E-state index in [-0.39, 0.29) is 5.41 Å². The van der Waals surface area contributed by atoms with Crippen molar-refractivity contribution in [2.24, 2.45) is 5.41 Å². The van der Waals surface area contributed by atoms with Gasteiger partial charge in [-0.05, 0) is 11.0 Å². The van der Waals surface area contributed by atoms with Gasteiger partial charge in [0, 0.05) is 6.20 Å². The van der Waals surface area contributed by atoms with Gasteiger partial charge in [-0.15, -0.1) is 4.48 Å². The summed E-state index contributed by atoms with van der Waals surface area (Å²) in [6.07, 6.45) is 2.96. The largest absolute Gasteiger partial charge is 0.232 e. The third-order valence-corrected chi connectivity index (χ3v) is 1.30. The summed E-state index contributed by atoms with van der Waals surface area (Å²) in [6.45, 7) is 9.56. The van der Waals surface area contributed by atoms with Gasteiger partial charge < -0.3 is 0 Å². The molecule has 1 nitrogen and oxygen atoms in total. The molecule has 0 aliphatic heterocycles. The fourth-order valence-electron chi connectivity index (χ4n) is 0.640. The van der Waals surface area contributed by atoms with Gasteiger partial charge in [-0.3, -0.25) is 0 Å². The first-order chi connectivity index (χ1) is 4.52. The summed E-state index contributed by atoms with van der Waals surface area (Å²) in [5.41, 5.74) is 2.31. The third-order valence-electron chi connectivity index (χ3n) is 1.30. The van der Waals surface area contributed by atoms with Crippen LogP contribution >= 0.6 is 0 Å². The van der Waals surface area contributed by atoms with Gasteiger partial charge in [0.05, 0.1) is 0 Å². The van der Waals surface area contributed by atoms with Gasteiger partial charge in [0.2, 0.25) is 0 Å². The summed E-state index contributed by atoms with van der Waals surface area (Å²) in [5, 5.41) is 0. The Hall–Kier alpha value is -0.790. The summed E-state index contributed by atoms with van der Waals surface area (Å²) in [4.78, 5) is 0. The van der Waals surface area contributed by atoms with E-state index in [0.717, 1.165) is 5.57 Å². The molecule has 0 saturated heterocycles. The topological polar surface area (TPSA) is 12.0 Å². The Bertz CT molecular complexity index is 142. The lowest BCUT2D eigenvalue weighted by Gasteiger charge is -2.18. The van der Waals surface area contributed by atoms with Gasteiger partial charge in [0.15, 0.2) is 0 Å². The second-order valence-corrected chi connectivity index (χ2v) is 3.16. The first kappa shape index (κ1) is 9.21. The lowest BCUT2D eigenvalue weighted by atomic mass is 9.87. The third kappa shape index (κ3) is 2.67. The molecule has 0 saturated carbocycles. The van der Waals surface area contributed by atoms with E-state index in [1.54, 1.807) is 6.08 Å². The standard InChI is InChI=1S/C8H14FN/c1-5-7(6-10-9)8(2,3)4/h5-6,10H,1H2,2-4H3/b7-6+. The summed E-state index contributed by atoms with van der Waals surface area (Å²) in [6, 6.07) is 0. The lowest BCUT2D eigenvalue weighted by Crippen LogP contribution is -2.09. The molecule has 0 heterocycles. The molecule has 58 valence electrons. The van der Waals surface area contributed by atoms with Crippen molar-refractivity contribution in [2.75, 3.05) is 0 Å². The Labute approximate surface area is 61.6 Å². The molecule has 0 bridgehead atoms. The highest BCUT2D eigenvalue weighted by Crippen LogP contribution is 2.24. The number of halogens is 1. The number of hydrogen-bond acceptors (Lipinski definition) is 1. The maximum atomic E-state index is 11.6. The molecule has 10 heavy (non-hydrogen) atoms. The highest BCUT2D eigenvalue weighted by Gasteiger charge is 2.13. The first-order valence-corrected chi connectivity index (χ1v) is 3.21. The normalized spacial score (nSPS) is 13.0. The second kappa shape index (κ2) is 3.40. The summed E-state index contributed by atoms with van der Waals surface area (Å²) < 4.78 is 11.6. The van der Waals surface area contributed by atoms with Crippen LogP contribution in [0.1, 0.15) is 20.8 Å². The molecule has 0 fully saturated rings. The van der Waals surface area contributed by atoms with Gasteiger partial charge in [0.25, 0.3) is 0 Å². The molecule has 0 rings (SSSR count). The zero-order chi connectivity index (χ0) is 8.20. The van der Waals surface area contributed by atoms with Crippen molar-refractivity contribution in [3.63, 3.8) is 0 Å². The Morgan fingerprint density at radius 1 is 1.50 bits per heavy atom. The first-order valence-electron chi connectivity index (χ1n) is 3.21. The van der Waals surface area contributed by atoms with E-state index >= 15 is 0 Å². The Kier molecular flexibility index (Phi) is 3.13. The molecular weight excluding hydrogens is 129 g/mol. The molecule has 1 N–H and O–H groups in total. The fourth-order valence-corrected chi connectivity index (χ4v) is 0.640. The summed E-state index contributed by atoms with van der Waals surface area (Å²) >= 11 is 0. The summed E-state index contributed by atoms with van der Waals surface area (Å²) in [7, 11) is 0. The number of rotatable bonds is 2. The molecular formula is C8H14FN. The maximum Gasteiger partial charge on any atom is 0.0331 e. The van der Waals surface area contributed by atoms with Crippen LogP contribution in [0, 0.1) is 5.41 Å². The number of allylic oxidation sites excluding steroid dienone is 2. The minimum Gasteiger partial charge on any atom is -0.232 e. The van der Waals surface area contributed by atoms with Crippen LogP contribution in [0.5, 0.6) is 0 Å². The maximum absolute atomic E-state index is 11.6. The smallest absolute Gasteiger partial charge is 0.0331 e. The van der Waals surface area contributed by atoms with Crippen molar-refractivity contribution in [2.45, 2.75) is 20.8 Å². The lowest BCUT2D eigenvalue weighted by molar-refractivity contribution is 0.396. The zero-order valence-electron chi connectivity index (χ0n) is 6.74. The molecule has 0 unspecified atom stereocenters. The molecule has 0 radical (unpaired) electrons. The van der Waals surface area contributed by atoms with Crippen LogP contribution in [0.4, 0.5) is 4.48 Å². The van der Waals surface area contributed by atoms with Crippen molar-refractivity contribution >= 4 is 0 Å². The molecule has 2 heteroatoms. The quantitative estimate of drug-likeness (QED) is 0.462. The highest BCUT2D eigenvalue weighted by molar-refractivity contribution is 5.21. The molecule has 0 spiro atoms. The second-order valence-electron chi connectivity index (χ2n) is 3.16. The number of hydrogen-bond donors (Lipinski definition) is 1. The SMILES string of the molecule is C=C/C(=C\NF)C(C)(C)C. The van der Waals surface area contributed by atoms with Crippen LogP contribution < -0.4 is 5.54 Å². The van der Waals surface area contributed by atoms with E-state index in [1.165, 1.54) is 11.7 Å². The molecule has 0 aromatic rings. The van der Waals surface area contributed by atoms with Crippen LogP contribution in [-0.2, 0) is 0 Å². The summed E-state index contributed by atoms with van der Waals surface area (Å²) in [5.74, 6) is 0. The molecule has 0 amide bonds. The fraction of sp³-hybridized carbons (Fsp3) is 0.500. The monoisotopic (exact) mass is 143 g/mol. The van der Waals surface area contributed by atoms with Crippen LogP contribution in [-0.4, -0.2) is 0 Å². The van der Waals surface area contributed by atoms with Crippen LogP contribution in [0.15, 0.2) is 24.4 Å². The van der Waals surface area contributed by atoms with Crippen LogP contribution in [0.25, 0.3) is 0 Å². The van der Waals surface area contributed by atoms with Gasteiger partial charge in [-0.2, -0.15) is 0 Å². The predicted octanol–water partition coefficient (Wildman–Crippen LogP) is 2.58. The van der Waals surface area contributed by atoms with E-state index in [9.17, 15) is 4.48 Å². The molecule has 0 aliphatic carbocycles. The molecule has 0 aromatic carbocycles. The van der Waals surface area contributed by atoms with Crippen LogP contribution in [0.2, 0.25) is 0 Å². The van der Waals surface area contributed by atoms with Gasteiger partial charge in [-0.1, -0.05) is 33.4 Å². The van der Waals surface area contributed by atoms with Crippen molar-refractivity contribution < 1.29 is 4.48 Å². The minimum atomic E-state index is -0.0408. The van der Waals surface area contributed by atoms with Crippen molar-refractivity contribution in [1.82, 2.24) is 5.54 Å². The zero-order valence-corrected chi connectivity index (χ0v) is 6.74. The molecule has 0 aliphatic rings. The van der Waals surface area contributed by atoms with E-state index < -0.39 is 0 Å². The van der Waals surface area contributed by atoms with E-state index in [0.29, 0.717) is 0 Å². The van der Waals surface area contributed by atoms with E-state index in [2.05, 4.69) is 6.58 Å². The van der Waals surface area contributed by atoms with Crippen molar-refractivity contribution in [1.29, 1.82) is 0 Å². The predicted molar refractivity (Wildman–Crippen MR) is 42.0 cm³/mol. The van der Waals surface area contributed by atoms with Gasteiger partial charge in [-0.25, -0.2) is 5.54 Å². The van der Waals surface area contributed by atoms with E-state index in [1.807, 2.05) is 20.8 Å². The van der Waals surface area contributed by atoms with Gasteiger partial charge >= 0.3 is 0 Å². The number of nitrogens with one attached hydrogen (secondary N) is 1. The highest BCUT2D eigenvalue weighted by atomic mass is 19.2. The van der Waals surface area contributed by atoms with Crippen molar-refractivity contribution in [3.8, 4) is 0 Å². The molecule has 0 atom stereocenters. The Morgan fingerprint density at radius 2 is 2.00 bits per heavy atom. The average Bonchev–Trinajstić information content (AvgIpc) is 1.80. The molecule has 0 aromatic heterocycles. The Morgan fingerprint density at radius 3 is 2.10 bits per heavy atom. The van der Waals surface area contributed by atoms with Crippen molar-refractivity contribution in [3.05, 3.63) is 24.4 Å². The Balaban J connectivity index is 4.36. The van der Waals surface area contributed by atoms with Crippen LogP contribution in [0.3, 0.4) is 0 Å². The average molecular weight is 143 g/mol. The van der Waals surface area contributed by atoms with Gasteiger partial charge in [0.1, 0.15) is 0 Å². The minimum absolute atomic E-state index is 0.0408.